The first-order chi connectivity index (χ1) is 14.6. The number of carbonyl (C=O) groups excluding carboxylic acids is 1. The van der Waals surface area contributed by atoms with Gasteiger partial charge in [0, 0.05) is 12.3 Å². The van der Waals surface area contributed by atoms with Crippen molar-refractivity contribution in [2.45, 2.75) is 18.7 Å². The van der Waals surface area contributed by atoms with E-state index in [0.717, 1.165) is 18.2 Å². The van der Waals surface area contributed by atoms with Gasteiger partial charge in [-0.05, 0) is 61.4 Å². The summed E-state index contributed by atoms with van der Waals surface area (Å²) in [7, 11) is -4.31. The molecule has 31 heavy (non-hydrogen) atoms. The van der Waals surface area contributed by atoms with Crippen molar-refractivity contribution in [3.05, 3.63) is 82.9 Å². The number of aryl methyl sites for hydroxylation is 1. The molecular formula is C21H18FN3O5S. The number of sulfonamides is 1. The van der Waals surface area contributed by atoms with E-state index < -0.39 is 27.7 Å². The molecule has 0 fully saturated rings. The molecule has 3 N–H and O–H groups in total. The molecule has 8 nitrogen and oxygen atoms in total. The van der Waals surface area contributed by atoms with Crippen LogP contribution in [0, 0.1) is 19.7 Å². The van der Waals surface area contributed by atoms with Crippen molar-refractivity contribution in [3.63, 3.8) is 0 Å². The quantitative estimate of drug-likeness (QED) is 0.535. The highest BCUT2D eigenvalue weighted by atomic mass is 32.2. The van der Waals surface area contributed by atoms with E-state index in [9.17, 15) is 27.5 Å². The van der Waals surface area contributed by atoms with E-state index in [2.05, 4.69) is 15.0 Å². The number of pyridine rings is 1. The monoisotopic (exact) mass is 443 g/mol. The maximum Gasteiger partial charge on any atom is 0.335 e. The van der Waals surface area contributed by atoms with Gasteiger partial charge in [0.1, 0.15) is 11.5 Å². The predicted molar refractivity (Wildman–Crippen MR) is 112 cm³/mol. The van der Waals surface area contributed by atoms with Crippen molar-refractivity contribution in [1.82, 2.24) is 4.98 Å². The Morgan fingerprint density at radius 2 is 1.77 bits per heavy atom. The number of benzene rings is 2. The summed E-state index contributed by atoms with van der Waals surface area (Å²) >= 11 is 0. The van der Waals surface area contributed by atoms with Crippen LogP contribution in [0.5, 0.6) is 0 Å². The normalized spacial score (nSPS) is 11.1. The van der Waals surface area contributed by atoms with Gasteiger partial charge in [-0.15, -0.1) is 0 Å². The molecular weight excluding hydrogens is 425 g/mol. The number of aromatic carboxylic acids is 1. The molecule has 0 bridgehead atoms. The Bertz CT molecular complexity index is 1280. The third-order valence-electron chi connectivity index (χ3n) is 4.53. The molecule has 0 spiro atoms. The first-order valence-electron chi connectivity index (χ1n) is 8.98. The van der Waals surface area contributed by atoms with Crippen molar-refractivity contribution in [3.8, 4) is 0 Å². The lowest BCUT2D eigenvalue weighted by Crippen LogP contribution is -2.19. The van der Waals surface area contributed by atoms with Gasteiger partial charge in [0.15, 0.2) is 0 Å². The highest BCUT2D eigenvalue weighted by molar-refractivity contribution is 7.92. The minimum Gasteiger partial charge on any atom is -0.478 e. The number of amides is 1. The van der Waals surface area contributed by atoms with E-state index in [0.29, 0.717) is 11.1 Å². The maximum atomic E-state index is 13.9. The van der Waals surface area contributed by atoms with Crippen LogP contribution in [0.1, 0.15) is 32.0 Å². The molecule has 0 aliphatic carbocycles. The molecule has 1 amide bonds. The van der Waals surface area contributed by atoms with Crippen LogP contribution in [0.25, 0.3) is 0 Å². The highest BCUT2D eigenvalue weighted by Crippen LogP contribution is 2.28. The third-order valence-corrected chi connectivity index (χ3v) is 6.02. The number of hydrogen-bond donors (Lipinski definition) is 3. The van der Waals surface area contributed by atoms with Crippen LogP contribution >= 0.6 is 0 Å². The van der Waals surface area contributed by atoms with Gasteiger partial charge < -0.3 is 10.4 Å². The number of carbonyl (C=O) groups is 2. The van der Waals surface area contributed by atoms with E-state index >= 15 is 0 Å². The molecule has 1 heterocycles. The zero-order chi connectivity index (χ0) is 22.8. The molecule has 0 aliphatic heterocycles. The minimum atomic E-state index is -4.31. The van der Waals surface area contributed by atoms with Crippen LogP contribution in [0.2, 0.25) is 0 Å². The summed E-state index contributed by atoms with van der Waals surface area (Å²) in [5.41, 5.74) is 0.468. The van der Waals surface area contributed by atoms with E-state index in [-0.39, 0.29) is 27.5 Å². The van der Waals surface area contributed by atoms with Gasteiger partial charge in [-0.3, -0.25) is 14.5 Å². The number of anilines is 2. The Kier molecular flexibility index (Phi) is 6.02. The zero-order valence-electron chi connectivity index (χ0n) is 16.5. The van der Waals surface area contributed by atoms with Crippen molar-refractivity contribution in [2.75, 3.05) is 10.0 Å². The standard InChI is InChI=1S/C21H18FN3O5S/c1-12-9-14(21(27)28)10-19(13(12)2)31(29,30)25-18-11-15(22)6-7-16(18)24-20(26)17-5-3-4-8-23-17/h3-11,25H,1-2H3,(H,24,26)(H,27,28). The number of rotatable bonds is 6. The molecule has 0 atom stereocenters. The number of nitrogens with zero attached hydrogens (tertiary/aromatic N) is 1. The number of hydrogen-bond acceptors (Lipinski definition) is 5. The van der Waals surface area contributed by atoms with E-state index in [4.69, 9.17) is 0 Å². The Labute approximate surface area is 177 Å². The average molecular weight is 443 g/mol. The number of carboxylic acids is 1. The summed E-state index contributed by atoms with van der Waals surface area (Å²) in [6.45, 7) is 3.12. The fourth-order valence-electron chi connectivity index (χ4n) is 2.82. The smallest absolute Gasteiger partial charge is 0.335 e. The van der Waals surface area contributed by atoms with Crippen LogP contribution in [0.15, 0.2) is 59.6 Å². The summed E-state index contributed by atoms with van der Waals surface area (Å²) in [5, 5.41) is 11.7. The van der Waals surface area contributed by atoms with Crippen molar-refractivity contribution in [2.24, 2.45) is 0 Å². The zero-order valence-corrected chi connectivity index (χ0v) is 17.3. The molecule has 0 radical (unpaired) electrons. The number of carboxylic acid groups (broad SMARTS) is 1. The van der Waals surface area contributed by atoms with Gasteiger partial charge in [-0.2, -0.15) is 0 Å². The van der Waals surface area contributed by atoms with Gasteiger partial charge in [-0.25, -0.2) is 17.6 Å². The van der Waals surface area contributed by atoms with E-state index in [1.165, 1.54) is 31.3 Å². The SMILES string of the molecule is Cc1cc(C(=O)O)cc(S(=O)(=O)Nc2cc(F)ccc2NC(=O)c2ccccn2)c1C. The molecule has 160 valence electrons. The predicted octanol–water partition coefficient (Wildman–Crippen LogP) is 3.59. The molecule has 0 saturated heterocycles. The van der Waals surface area contributed by atoms with E-state index in [1.54, 1.807) is 19.1 Å². The summed E-state index contributed by atoms with van der Waals surface area (Å²) < 4.78 is 42.1. The maximum absolute atomic E-state index is 13.9. The van der Waals surface area contributed by atoms with Crippen molar-refractivity contribution < 1.29 is 27.5 Å². The minimum absolute atomic E-state index is 0.00407. The first-order valence-corrected chi connectivity index (χ1v) is 10.5. The van der Waals surface area contributed by atoms with Crippen LogP contribution < -0.4 is 10.0 Å². The Morgan fingerprint density at radius 3 is 2.42 bits per heavy atom. The number of aromatic nitrogens is 1. The molecule has 10 heteroatoms. The van der Waals surface area contributed by atoms with Crippen LogP contribution in [-0.4, -0.2) is 30.4 Å². The average Bonchev–Trinajstić information content (AvgIpc) is 2.72. The van der Waals surface area contributed by atoms with Gasteiger partial charge in [0.2, 0.25) is 0 Å². The second kappa shape index (κ2) is 8.52. The van der Waals surface area contributed by atoms with Crippen LogP contribution in [-0.2, 0) is 10.0 Å². The second-order valence-electron chi connectivity index (χ2n) is 6.69. The van der Waals surface area contributed by atoms with Crippen molar-refractivity contribution in [1.29, 1.82) is 0 Å². The van der Waals surface area contributed by atoms with Gasteiger partial charge in [0.05, 0.1) is 21.8 Å². The summed E-state index contributed by atoms with van der Waals surface area (Å²) in [6, 6.07) is 10.3. The van der Waals surface area contributed by atoms with Gasteiger partial charge in [-0.1, -0.05) is 6.07 Å². The highest BCUT2D eigenvalue weighted by Gasteiger charge is 2.23. The molecule has 3 aromatic rings. The van der Waals surface area contributed by atoms with Crippen LogP contribution in [0.4, 0.5) is 15.8 Å². The topological polar surface area (TPSA) is 125 Å². The lowest BCUT2D eigenvalue weighted by Gasteiger charge is -2.16. The number of halogens is 1. The fourth-order valence-corrected chi connectivity index (χ4v) is 4.24. The summed E-state index contributed by atoms with van der Waals surface area (Å²) in [5.74, 6) is -2.64. The fraction of sp³-hybridized carbons (Fsp3) is 0.0952. The second-order valence-corrected chi connectivity index (χ2v) is 8.34. The summed E-state index contributed by atoms with van der Waals surface area (Å²) in [6.07, 6.45) is 1.42. The lowest BCUT2D eigenvalue weighted by atomic mass is 10.1. The Balaban J connectivity index is 2.00. The molecule has 3 rings (SSSR count). The van der Waals surface area contributed by atoms with Gasteiger partial charge in [0.25, 0.3) is 15.9 Å². The van der Waals surface area contributed by atoms with Gasteiger partial charge >= 0.3 is 5.97 Å². The Morgan fingerprint density at radius 1 is 1.03 bits per heavy atom. The summed E-state index contributed by atoms with van der Waals surface area (Å²) in [4.78, 5) is 27.4. The first kappa shape index (κ1) is 21.9. The number of nitrogens with one attached hydrogen (secondary N) is 2. The third kappa shape index (κ3) is 4.86. The van der Waals surface area contributed by atoms with Crippen molar-refractivity contribution >= 4 is 33.3 Å². The van der Waals surface area contributed by atoms with Crippen LogP contribution in [0.3, 0.4) is 0 Å². The largest absolute Gasteiger partial charge is 0.478 e. The molecule has 1 aromatic heterocycles. The molecule has 0 saturated carbocycles. The molecule has 2 aromatic carbocycles. The lowest BCUT2D eigenvalue weighted by molar-refractivity contribution is 0.0696. The molecule has 0 unspecified atom stereocenters. The Hall–Kier alpha value is -3.79. The van der Waals surface area contributed by atoms with E-state index in [1.807, 2.05) is 0 Å². The molecule has 0 aliphatic rings.